The number of carbonyl (C=O) groups is 1. The summed E-state index contributed by atoms with van der Waals surface area (Å²) in [5, 5.41) is 3.09. The highest BCUT2D eigenvalue weighted by molar-refractivity contribution is 9.10. The molecule has 1 amide bonds. The van der Waals surface area contributed by atoms with Crippen molar-refractivity contribution in [2.45, 2.75) is 18.0 Å². The Labute approximate surface area is 194 Å². The largest absolute Gasteiger partial charge is 0.351 e. The molecule has 0 aliphatic carbocycles. The smallest absolute Gasteiger partial charge is 0.243 e. The van der Waals surface area contributed by atoms with E-state index < -0.39 is 15.9 Å². The van der Waals surface area contributed by atoms with Crippen LogP contribution in [0.5, 0.6) is 0 Å². The van der Waals surface area contributed by atoms with Crippen LogP contribution in [-0.4, -0.2) is 25.2 Å². The normalized spacial score (nSPS) is 11.5. The molecule has 162 valence electrons. The first-order chi connectivity index (χ1) is 14.7. The summed E-state index contributed by atoms with van der Waals surface area (Å²) in [5.41, 5.74) is 1.43. The second-order valence-electron chi connectivity index (χ2n) is 6.76. The Morgan fingerprint density at radius 1 is 0.935 bits per heavy atom. The van der Waals surface area contributed by atoms with E-state index in [1.807, 2.05) is 0 Å². The van der Waals surface area contributed by atoms with Crippen LogP contribution in [0.15, 0.2) is 82.2 Å². The van der Waals surface area contributed by atoms with E-state index in [1.165, 1.54) is 36.4 Å². The van der Waals surface area contributed by atoms with E-state index in [0.717, 1.165) is 14.3 Å². The van der Waals surface area contributed by atoms with Crippen LogP contribution in [0.25, 0.3) is 0 Å². The predicted molar refractivity (Wildman–Crippen MR) is 121 cm³/mol. The number of nitrogens with one attached hydrogen (secondary N) is 1. The van der Waals surface area contributed by atoms with Crippen LogP contribution in [-0.2, 0) is 27.9 Å². The van der Waals surface area contributed by atoms with Gasteiger partial charge < -0.3 is 5.32 Å². The fraction of sp³-hybridized carbons (Fsp3) is 0.136. The molecule has 0 unspecified atom stereocenters. The van der Waals surface area contributed by atoms with Crippen molar-refractivity contribution in [3.63, 3.8) is 0 Å². The lowest BCUT2D eigenvalue weighted by molar-refractivity contribution is -0.121. The molecule has 0 fully saturated rings. The Hall–Kier alpha value is -2.26. The molecule has 0 heterocycles. The van der Waals surface area contributed by atoms with E-state index in [-0.39, 0.29) is 30.3 Å². The van der Waals surface area contributed by atoms with E-state index in [4.69, 9.17) is 11.6 Å². The van der Waals surface area contributed by atoms with Crippen LogP contribution in [0.4, 0.5) is 4.39 Å². The first-order valence-corrected chi connectivity index (χ1v) is 11.9. The van der Waals surface area contributed by atoms with E-state index in [2.05, 4.69) is 21.2 Å². The van der Waals surface area contributed by atoms with Gasteiger partial charge in [-0.25, -0.2) is 12.8 Å². The first kappa shape index (κ1) is 23.4. The summed E-state index contributed by atoms with van der Waals surface area (Å²) in [7, 11) is -3.96. The zero-order valence-corrected chi connectivity index (χ0v) is 19.4. The van der Waals surface area contributed by atoms with Crippen molar-refractivity contribution in [2.24, 2.45) is 0 Å². The molecule has 0 saturated carbocycles. The summed E-state index contributed by atoms with van der Waals surface area (Å²) < 4.78 is 41.4. The van der Waals surface area contributed by atoms with Crippen molar-refractivity contribution in [2.75, 3.05) is 6.54 Å². The minimum Gasteiger partial charge on any atom is -0.351 e. The number of sulfonamides is 1. The van der Waals surface area contributed by atoms with Gasteiger partial charge in [-0.15, -0.1) is 0 Å². The fourth-order valence-electron chi connectivity index (χ4n) is 2.79. The van der Waals surface area contributed by atoms with Crippen LogP contribution in [0, 0.1) is 5.82 Å². The predicted octanol–water partition coefficient (Wildman–Crippen LogP) is 4.75. The van der Waals surface area contributed by atoms with E-state index in [0.29, 0.717) is 10.6 Å². The molecular formula is C22H19BrClFN2O3S. The molecule has 0 radical (unpaired) electrons. The molecule has 0 bridgehead atoms. The van der Waals surface area contributed by atoms with Gasteiger partial charge in [0, 0.05) is 22.6 Å². The van der Waals surface area contributed by atoms with Crippen molar-refractivity contribution < 1.29 is 17.6 Å². The Bertz CT molecular complexity index is 1140. The van der Waals surface area contributed by atoms with Gasteiger partial charge in [-0.1, -0.05) is 51.8 Å². The van der Waals surface area contributed by atoms with Crippen LogP contribution in [0.1, 0.15) is 11.1 Å². The zero-order chi connectivity index (χ0) is 22.4. The van der Waals surface area contributed by atoms with Crippen LogP contribution >= 0.6 is 27.5 Å². The molecular weight excluding hydrogens is 507 g/mol. The molecule has 3 aromatic carbocycles. The Balaban J connectivity index is 1.79. The molecule has 3 aromatic rings. The highest BCUT2D eigenvalue weighted by Crippen LogP contribution is 2.21. The number of hydrogen-bond acceptors (Lipinski definition) is 3. The molecule has 5 nitrogen and oxygen atoms in total. The average molecular weight is 526 g/mol. The third-order valence-corrected chi connectivity index (χ3v) is 7.03. The molecule has 31 heavy (non-hydrogen) atoms. The van der Waals surface area contributed by atoms with E-state index in [1.54, 1.807) is 36.4 Å². The maximum atomic E-state index is 13.2. The summed E-state index contributed by atoms with van der Waals surface area (Å²) in [5.74, 6) is -0.844. The number of hydrogen-bond donors (Lipinski definition) is 1. The second-order valence-corrected chi connectivity index (χ2v) is 10.0. The summed E-state index contributed by atoms with van der Waals surface area (Å²) in [6, 6.07) is 18.7. The summed E-state index contributed by atoms with van der Waals surface area (Å²) in [4.78, 5) is 12.6. The molecule has 0 aliphatic rings. The minimum absolute atomic E-state index is 0.0161. The number of benzene rings is 3. The molecule has 0 atom stereocenters. The van der Waals surface area contributed by atoms with Crippen molar-refractivity contribution in [1.82, 2.24) is 9.62 Å². The van der Waals surface area contributed by atoms with Gasteiger partial charge in [-0.05, 0) is 59.7 Å². The van der Waals surface area contributed by atoms with Gasteiger partial charge in [0.15, 0.2) is 0 Å². The maximum Gasteiger partial charge on any atom is 0.243 e. The van der Waals surface area contributed by atoms with Gasteiger partial charge in [0.25, 0.3) is 0 Å². The van der Waals surface area contributed by atoms with Crippen molar-refractivity contribution >= 4 is 43.5 Å². The van der Waals surface area contributed by atoms with Gasteiger partial charge in [0.1, 0.15) is 5.82 Å². The average Bonchev–Trinajstić information content (AvgIpc) is 2.74. The minimum atomic E-state index is -3.96. The lowest BCUT2D eigenvalue weighted by atomic mass is 10.2. The third kappa shape index (κ3) is 6.61. The Kier molecular flexibility index (Phi) is 7.83. The highest BCUT2D eigenvalue weighted by atomic mass is 79.9. The second kappa shape index (κ2) is 10.4. The van der Waals surface area contributed by atoms with Crippen LogP contribution in [0.2, 0.25) is 5.02 Å². The Morgan fingerprint density at radius 2 is 1.52 bits per heavy atom. The topological polar surface area (TPSA) is 66.5 Å². The SMILES string of the molecule is O=C(CN(Cc1ccc(Br)cc1)S(=O)(=O)c1ccc(Cl)cc1)NCc1ccc(F)cc1. The number of carbonyl (C=O) groups excluding carboxylic acids is 1. The number of amides is 1. The van der Waals surface area contributed by atoms with Crippen molar-refractivity contribution in [3.8, 4) is 0 Å². The van der Waals surface area contributed by atoms with Crippen molar-refractivity contribution in [1.29, 1.82) is 0 Å². The van der Waals surface area contributed by atoms with Gasteiger partial charge in [0.2, 0.25) is 15.9 Å². The lowest BCUT2D eigenvalue weighted by Gasteiger charge is -2.22. The quantitative estimate of drug-likeness (QED) is 0.462. The number of nitrogens with zero attached hydrogens (tertiary/aromatic N) is 1. The van der Waals surface area contributed by atoms with Crippen molar-refractivity contribution in [3.05, 3.63) is 99.2 Å². The highest BCUT2D eigenvalue weighted by Gasteiger charge is 2.27. The molecule has 9 heteroatoms. The molecule has 1 N–H and O–H groups in total. The number of rotatable bonds is 8. The Morgan fingerprint density at radius 3 is 2.13 bits per heavy atom. The standard InChI is InChI=1S/C22H19BrClFN2O3S/c23-18-5-1-17(2-6-18)14-27(31(29,30)21-11-7-19(24)8-12-21)15-22(28)26-13-16-3-9-20(25)10-4-16/h1-12H,13-15H2,(H,26,28). The zero-order valence-electron chi connectivity index (χ0n) is 16.3. The molecule has 0 saturated heterocycles. The van der Waals surface area contributed by atoms with Gasteiger partial charge in [0.05, 0.1) is 11.4 Å². The van der Waals surface area contributed by atoms with Gasteiger partial charge in [-0.2, -0.15) is 4.31 Å². The summed E-state index contributed by atoms with van der Waals surface area (Å²) in [6.07, 6.45) is 0. The van der Waals surface area contributed by atoms with Crippen LogP contribution < -0.4 is 5.32 Å². The molecule has 0 aromatic heterocycles. The fourth-order valence-corrected chi connectivity index (χ4v) is 4.57. The maximum absolute atomic E-state index is 13.2. The lowest BCUT2D eigenvalue weighted by Crippen LogP contribution is -2.40. The van der Waals surface area contributed by atoms with Crippen LogP contribution in [0.3, 0.4) is 0 Å². The van der Waals surface area contributed by atoms with E-state index in [9.17, 15) is 17.6 Å². The third-order valence-electron chi connectivity index (χ3n) is 4.45. The monoisotopic (exact) mass is 524 g/mol. The van der Waals surface area contributed by atoms with Gasteiger partial charge in [-0.3, -0.25) is 4.79 Å². The van der Waals surface area contributed by atoms with E-state index >= 15 is 0 Å². The van der Waals surface area contributed by atoms with Gasteiger partial charge >= 0.3 is 0 Å². The summed E-state index contributed by atoms with van der Waals surface area (Å²) in [6.45, 7) is -0.198. The molecule has 3 rings (SSSR count). The first-order valence-electron chi connectivity index (χ1n) is 9.25. The number of halogens is 3. The molecule has 0 aliphatic heterocycles. The summed E-state index contributed by atoms with van der Waals surface area (Å²) >= 11 is 9.23. The molecule has 0 spiro atoms.